The molecule has 2 aromatic heterocycles. The molecule has 0 saturated heterocycles. The summed E-state index contributed by atoms with van der Waals surface area (Å²) in [5.74, 6) is -0.638. The maximum atomic E-state index is 12.5. The number of ether oxygens (including phenoxy) is 1. The molecule has 11 heteroatoms. The van der Waals surface area contributed by atoms with Gasteiger partial charge in [-0.05, 0) is 18.2 Å². The van der Waals surface area contributed by atoms with Crippen LogP contribution >= 0.6 is 24.0 Å². The van der Waals surface area contributed by atoms with Crippen molar-refractivity contribution in [3.8, 4) is 0 Å². The topological polar surface area (TPSA) is 122 Å². The molecule has 0 aliphatic carbocycles. The van der Waals surface area contributed by atoms with E-state index in [0.29, 0.717) is 66.2 Å². The Morgan fingerprint density at radius 1 is 0.970 bits per heavy atom. The van der Waals surface area contributed by atoms with Crippen LogP contribution in [0, 0.1) is 0 Å². The van der Waals surface area contributed by atoms with Gasteiger partial charge in [0.15, 0.2) is 0 Å². The van der Waals surface area contributed by atoms with Gasteiger partial charge in [-0.3, -0.25) is 19.4 Å². The Labute approximate surface area is 200 Å². The Bertz CT molecular complexity index is 1120. The van der Waals surface area contributed by atoms with Gasteiger partial charge in [0.2, 0.25) is 5.91 Å². The molecule has 33 heavy (non-hydrogen) atoms. The SMILES string of the molecule is CC(=O)NCCOCCNC(=O)c1cc(S)c2ncc(C(=O)NCCc3nccs3)cc2c1. The van der Waals surface area contributed by atoms with Crippen LogP contribution in [-0.2, 0) is 16.0 Å². The molecule has 0 bridgehead atoms. The highest BCUT2D eigenvalue weighted by atomic mass is 32.1. The molecule has 3 aromatic rings. The summed E-state index contributed by atoms with van der Waals surface area (Å²) < 4.78 is 5.36. The normalized spacial score (nSPS) is 10.7. The van der Waals surface area contributed by atoms with Gasteiger partial charge in [-0.15, -0.1) is 24.0 Å². The van der Waals surface area contributed by atoms with E-state index in [2.05, 4.69) is 38.5 Å². The molecule has 2 heterocycles. The zero-order valence-corrected chi connectivity index (χ0v) is 19.8. The quantitative estimate of drug-likeness (QED) is 0.242. The van der Waals surface area contributed by atoms with Crippen molar-refractivity contribution < 1.29 is 19.1 Å². The second kappa shape index (κ2) is 12.3. The van der Waals surface area contributed by atoms with Crippen LogP contribution in [0.3, 0.4) is 0 Å². The van der Waals surface area contributed by atoms with Crippen molar-refractivity contribution in [2.75, 3.05) is 32.8 Å². The van der Waals surface area contributed by atoms with E-state index in [-0.39, 0.29) is 17.7 Å². The second-order valence-electron chi connectivity index (χ2n) is 7.07. The molecule has 0 aliphatic heterocycles. The number of carbonyl (C=O) groups is 3. The van der Waals surface area contributed by atoms with E-state index in [1.54, 1.807) is 35.7 Å². The fourth-order valence-corrected chi connectivity index (χ4v) is 3.93. The van der Waals surface area contributed by atoms with E-state index < -0.39 is 0 Å². The highest BCUT2D eigenvalue weighted by Crippen LogP contribution is 2.23. The molecule has 3 N–H and O–H groups in total. The molecule has 0 radical (unpaired) electrons. The summed E-state index contributed by atoms with van der Waals surface area (Å²) >= 11 is 5.99. The van der Waals surface area contributed by atoms with Gasteiger partial charge in [0.25, 0.3) is 11.8 Å². The number of carbonyl (C=O) groups excluding carboxylic acids is 3. The lowest BCUT2D eigenvalue weighted by Crippen LogP contribution is -2.29. The molecule has 0 saturated carbocycles. The molecule has 0 spiro atoms. The Balaban J connectivity index is 1.56. The standard InChI is InChI=1S/C22H25N5O4S2/c1-14(28)23-4-7-31-8-5-26-21(29)16-10-15-11-17(13-27-20(15)18(32)12-16)22(30)25-3-2-19-24-6-9-33-19/h6,9-13,32H,2-5,7-8H2,1H3,(H,23,28)(H,25,30)(H,26,29). The number of hydrogen-bond donors (Lipinski definition) is 4. The lowest BCUT2D eigenvalue weighted by molar-refractivity contribution is -0.119. The third-order valence-corrected chi connectivity index (χ3v) is 5.73. The van der Waals surface area contributed by atoms with E-state index in [4.69, 9.17) is 4.74 Å². The maximum Gasteiger partial charge on any atom is 0.252 e. The summed E-state index contributed by atoms with van der Waals surface area (Å²) in [7, 11) is 0. The number of thiazole rings is 1. The number of thiol groups is 1. The molecule has 0 atom stereocenters. The number of pyridine rings is 1. The largest absolute Gasteiger partial charge is 0.378 e. The average Bonchev–Trinajstić information content (AvgIpc) is 3.31. The van der Waals surface area contributed by atoms with E-state index >= 15 is 0 Å². The zero-order valence-electron chi connectivity index (χ0n) is 18.1. The summed E-state index contributed by atoms with van der Waals surface area (Å²) in [4.78, 5) is 44.9. The summed E-state index contributed by atoms with van der Waals surface area (Å²) in [5.41, 5.74) is 1.42. The van der Waals surface area contributed by atoms with Gasteiger partial charge >= 0.3 is 0 Å². The van der Waals surface area contributed by atoms with Crippen LogP contribution in [0.1, 0.15) is 32.6 Å². The summed E-state index contributed by atoms with van der Waals surface area (Å²) in [6.45, 7) is 3.33. The van der Waals surface area contributed by atoms with Crippen LogP contribution in [-0.4, -0.2) is 60.5 Å². The first-order valence-corrected chi connectivity index (χ1v) is 11.7. The third-order valence-electron chi connectivity index (χ3n) is 4.55. The van der Waals surface area contributed by atoms with Gasteiger partial charge < -0.3 is 20.7 Å². The number of nitrogens with one attached hydrogen (secondary N) is 3. The van der Waals surface area contributed by atoms with Crippen LogP contribution in [0.25, 0.3) is 10.9 Å². The monoisotopic (exact) mass is 487 g/mol. The van der Waals surface area contributed by atoms with Crippen molar-refractivity contribution in [1.82, 2.24) is 25.9 Å². The number of nitrogens with zero attached hydrogens (tertiary/aromatic N) is 2. The highest BCUT2D eigenvalue weighted by molar-refractivity contribution is 7.80. The van der Waals surface area contributed by atoms with Crippen LogP contribution in [0.15, 0.2) is 40.9 Å². The van der Waals surface area contributed by atoms with Crippen molar-refractivity contribution >= 4 is 52.6 Å². The predicted octanol–water partition coefficient (Wildman–Crippen LogP) is 1.83. The number of benzene rings is 1. The summed E-state index contributed by atoms with van der Waals surface area (Å²) in [6.07, 6.45) is 3.89. The predicted molar refractivity (Wildman–Crippen MR) is 129 cm³/mol. The number of rotatable bonds is 11. The van der Waals surface area contributed by atoms with Gasteiger partial charge in [0.1, 0.15) is 0 Å². The molecular weight excluding hydrogens is 462 g/mol. The van der Waals surface area contributed by atoms with Crippen molar-refractivity contribution in [2.45, 2.75) is 18.2 Å². The molecule has 3 amide bonds. The maximum absolute atomic E-state index is 12.5. The van der Waals surface area contributed by atoms with E-state index in [1.165, 1.54) is 13.1 Å². The van der Waals surface area contributed by atoms with Crippen LogP contribution in [0.5, 0.6) is 0 Å². The van der Waals surface area contributed by atoms with Crippen molar-refractivity contribution in [2.24, 2.45) is 0 Å². The van der Waals surface area contributed by atoms with E-state index in [0.717, 1.165) is 5.01 Å². The van der Waals surface area contributed by atoms with Crippen molar-refractivity contribution in [3.63, 3.8) is 0 Å². The molecule has 0 aliphatic rings. The fourth-order valence-electron chi connectivity index (χ4n) is 2.99. The Morgan fingerprint density at radius 3 is 2.39 bits per heavy atom. The number of amides is 3. The molecule has 1 aromatic carbocycles. The molecule has 0 unspecified atom stereocenters. The molecule has 3 rings (SSSR count). The van der Waals surface area contributed by atoms with Crippen molar-refractivity contribution in [3.05, 3.63) is 52.1 Å². The lowest BCUT2D eigenvalue weighted by atomic mass is 10.1. The first-order chi connectivity index (χ1) is 15.9. The number of aromatic nitrogens is 2. The fraction of sp³-hybridized carbons (Fsp3) is 0.318. The minimum absolute atomic E-state index is 0.114. The van der Waals surface area contributed by atoms with Gasteiger partial charge in [0, 0.05) is 66.6 Å². The Kier molecular flexibility index (Phi) is 9.16. The lowest BCUT2D eigenvalue weighted by Gasteiger charge is -2.10. The third kappa shape index (κ3) is 7.52. The first-order valence-electron chi connectivity index (χ1n) is 10.3. The minimum Gasteiger partial charge on any atom is -0.378 e. The number of hydrogen-bond acceptors (Lipinski definition) is 8. The number of fused-ring (bicyclic) bond motifs is 1. The Hall–Kier alpha value is -3.02. The zero-order chi connectivity index (χ0) is 23.6. The van der Waals surface area contributed by atoms with Gasteiger partial charge in [-0.25, -0.2) is 4.98 Å². The second-order valence-corrected chi connectivity index (χ2v) is 8.53. The average molecular weight is 488 g/mol. The van der Waals surface area contributed by atoms with Crippen LogP contribution in [0.4, 0.5) is 0 Å². The smallest absolute Gasteiger partial charge is 0.252 e. The molecule has 174 valence electrons. The van der Waals surface area contributed by atoms with Gasteiger partial charge in [-0.1, -0.05) is 0 Å². The van der Waals surface area contributed by atoms with E-state index in [1.807, 2.05) is 5.38 Å². The van der Waals surface area contributed by atoms with Gasteiger partial charge in [0.05, 0.1) is 29.3 Å². The van der Waals surface area contributed by atoms with E-state index in [9.17, 15) is 14.4 Å². The first kappa shape index (κ1) is 24.6. The minimum atomic E-state index is -0.282. The highest BCUT2D eigenvalue weighted by Gasteiger charge is 2.13. The summed E-state index contributed by atoms with van der Waals surface area (Å²) in [5, 5.41) is 11.8. The Morgan fingerprint density at radius 2 is 1.67 bits per heavy atom. The molecule has 9 nitrogen and oxygen atoms in total. The van der Waals surface area contributed by atoms with Crippen LogP contribution in [0.2, 0.25) is 0 Å². The summed E-state index contributed by atoms with van der Waals surface area (Å²) in [6, 6.07) is 5.02. The molecular formula is C22H25N5O4S2. The molecule has 0 fully saturated rings. The van der Waals surface area contributed by atoms with Gasteiger partial charge in [-0.2, -0.15) is 0 Å². The van der Waals surface area contributed by atoms with Crippen LogP contribution < -0.4 is 16.0 Å². The van der Waals surface area contributed by atoms with Crippen molar-refractivity contribution in [1.29, 1.82) is 0 Å².